The van der Waals surface area contributed by atoms with Crippen LogP contribution in [-0.4, -0.2) is 47.3 Å². The minimum absolute atomic E-state index is 0.162. The molecule has 1 aromatic heterocycles. The van der Waals surface area contributed by atoms with Gasteiger partial charge in [-0.15, -0.1) is 0 Å². The smallest absolute Gasteiger partial charge is 0.227 e. The van der Waals surface area contributed by atoms with E-state index in [-0.39, 0.29) is 11.8 Å². The number of hydrogen-bond donors (Lipinski definition) is 1. The van der Waals surface area contributed by atoms with Crippen molar-refractivity contribution in [1.82, 2.24) is 14.7 Å². The van der Waals surface area contributed by atoms with Gasteiger partial charge in [0.05, 0.1) is 18.7 Å². The van der Waals surface area contributed by atoms with Crippen LogP contribution in [0.4, 0.5) is 0 Å². The number of aromatic nitrogens is 2. The molecule has 0 bridgehead atoms. The summed E-state index contributed by atoms with van der Waals surface area (Å²) in [5, 5.41) is 4.35. The second-order valence-corrected chi connectivity index (χ2v) is 5.37. The van der Waals surface area contributed by atoms with Crippen molar-refractivity contribution < 1.29 is 9.53 Å². The van der Waals surface area contributed by atoms with E-state index in [4.69, 9.17) is 10.5 Å². The van der Waals surface area contributed by atoms with Gasteiger partial charge in [-0.2, -0.15) is 5.10 Å². The maximum atomic E-state index is 12.5. The van der Waals surface area contributed by atoms with Gasteiger partial charge >= 0.3 is 0 Å². The lowest BCUT2D eigenvalue weighted by atomic mass is 9.98. The zero-order valence-electron chi connectivity index (χ0n) is 12.6. The van der Waals surface area contributed by atoms with Gasteiger partial charge < -0.3 is 15.4 Å². The van der Waals surface area contributed by atoms with Crippen LogP contribution in [0, 0.1) is 12.8 Å². The van der Waals surface area contributed by atoms with E-state index in [0.29, 0.717) is 13.0 Å². The number of rotatable bonds is 5. The maximum absolute atomic E-state index is 12.5. The summed E-state index contributed by atoms with van der Waals surface area (Å²) in [5.74, 6) is 0.690. The molecule has 2 N–H and O–H groups in total. The van der Waals surface area contributed by atoms with E-state index in [1.165, 1.54) is 0 Å². The number of hydrogen-bond acceptors (Lipinski definition) is 4. The Morgan fingerprint density at radius 3 is 2.65 bits per heavy atom. The van der Waals surface area contributed by atoms with Crippen molar-refractivity contribution in [2.45, 2.75) is 26.2 Å². The number of carbonyl (C=O) groups is 1. The van der Waals surface area contributed by atoms with Gasteiger partial charge in [-0.1, -0.05) is 0 Å². The lowest BCUT2D eigenvalue weighted by Crippen LogP contribution is -2.38. The summed E-state index contributed by atoms with van der Waals surface area (Å²) in [7, 11) is 3.47. The molecule has 2 rings (SSSR count). The van der Waals surface area contributed by atoms with Crippen molar-refractivity contribution in [2.24, 2.45) is 18.7 Å². The molecular formula is C14H24N4O2. The van der Waals surface area contributed by atoms with Crippen molar-refractivity contribution in [2.75, 3.05) is 26.7 Å². The average Bonchev–Trinajstić information content (AvgIpc) is 3.04. The number of ether oxygens (including phenoxy) is 1. The first-order valence-electron chi connectivity index (χ1n) is 7.13. The van der Waals surface area contributed by atoms with E-state index in [1.54, 1.807) is 11.8 Å². The van der Waals surface area contributed by atoms with E-state index in [9.17, 15) is 4.79 Å². The second kappa shape index (κ2) is 6.26. The SMILES string of the molecule is COc1c(CC(CN)C(=O)N2CCCC2)c(C)nn1C. The van der Waals surface area contributed by atoms with E-state index >= 15 is 0 Å². The summed E-state index contributed by atoms with van der Waals surface area (Å²) in [6.45, 7) is 4.01. The van der Waals surface area contributed by atoms with Crippen LogP contribution in [0.3, 0.4) is 0 Å². The number of carbonyl (C=O) groups excluding carboxylic acids is 1. The Hall–Kier alpha value is -1.56. The molecule has 112 valence electrons. The molecule has 0 radical (unpaired) electrons. The highest BCUT2D eigenvalue weighted by atomic mass is 16.5. The molecule has 1 aliphatic heterocycles. The van der Waals surface area contributed by atoms with Gasteiger partial charge in [0.1, 0.15) is 0 Å². The number of nitrogens with zero attached hydrogens (tertiary/aromatic N) is 3. The summed E-state index contributed by atoms with van der Waals surface area (Å²) >= 11 is 0. The quantitative estimate of drug-likeness (QED) is 0.851. The topological polar surface area (TPSA) is 73.4 Å². The fourth-order valence-corrected chi connectivity index (χ4v) is 2.88. The van der Waals surface area contributed by atoms with Gasteiger partial charge in [-0.3, -0.25) is 4.79 Å². The molecule has 6 nitrogen and oxygen atoms in total. The third-order valence-corrected chi connectivity index (χ3v) is 3.98. The molecule has 0 aromatic carbocycles. The highest BCUT2D eigenvalue weighted by Crippen LogP contribution is 2.25. The normalized spacial score (nSPS) is 16.5. The molecule has 1 unspecified atom stereocenters. The van der Waals surface area contributed by atoms with Gasteiger partial charge in [0.15, 0.2) is 0 Å². The number of likely N-dealkylation sites (tertiary alicyclic amines) is 1. The van der Waals surface area contributed by atoms with Crippen LogP contribution in [0.25, 0.3) is 0 Å². The summed E-state index contributed by atoms with van der Waals surface area (Å²) in [6.07, 6.45) is 2.78. The summed E-state index contributed by atoms with van der Waals surface area (Å²) in [6, 6.07) is 0. The molecule has 20 heavy (non-hydrogen) atoms. The fourth-order valence-electron chi connectivity index (χ4n) is 2.88. The molecule has 0 saturated carbocycles. The van der Waals surface area contributed by atoms with Crippen molar-refractivity contribution in [3.05, 3.63) is 11.3 Å². The lowest BCUT2D eigenvalue weighted by Gasteiger charge is -2.22. The summed E-state index contributed by atoms with van der Waals surface area (Å²) in [4.78, 5) is 14.4. The molecule has 0 spiro atoms. The molecule has 1 atom stereocenters. The number of aryl methyl sites for hydroxylation is 2. The Labute approximate surface area is 119 Å². The minimum Gasteiger partial charge on any atom is -0.481 e. The van der Waals surface area contributed by atoms with Crippen LogP contribution in [0.15, 0.2) is 0 Å². The third-order valence-electron chi connectivity index (χ3n) is 3.98. The predicted molar refractivity (Wildman–Crippen MR) is 76.6 cm³/mol. The number of amides is 1. The van der Waals surface area contributed by atoms with Crippen molar-refractivity contribution >= 4 is 5.91 Å². The number of methoxy groups -OCH3 is 1. The zero-order chi connectivity index (χ0) is 14.7. The molecule has 1 saturated heterocycles. The van der Waals surface area contributed by atoms with Crippen molar-refractivity contribution in [1.29, 1.82) is 0 Å². The molecule has 1 aliphatic rings. The van der Waals surface area contributed by atoms with Crippen molar-refractivity contribution in [3.63, 3.8) is 0 Å². The summed E-state index contributed by atoms with van der Waals surface area (Å²) in [5.41, 5.74) is 7.71. The van der Waals surface area contributed by atoms with Gasteiger partial charge in [0.2, 0.25) is 11.8 Å². The maximum Gasteiger partial charge on any atom is 0.227 e. The first kappa shape index (κ1) is 14.8. The zero-order valence-corrected chi connectivity index (χ0v) is 12.6. The Morgan fingerprint density at radius 2 is 2.10 bits per heavy atom. The Kier molecular flexibility index (Phi) is 4.65. The number of nitrogens with two attached hydrogens (primary N) is 1. The standard InChI is InChI=1S/C14H24N4O2/c1-10-12(14(20-3)17(2)16-10)8-11(9-15)13(19)18-6-4-5-7-18/h11H,4-9,15H2,1-3H3. The van der Waals surface area contributed by atoms with Crippen LogP contribution in [-0.2, 0) is 18.3 Å². The third kappa shape index (κ3) is 2.80. The van der Waals surface area contributed by atoms with Crippen LogP contribution in [0.1, 0.15) is 24.1 Å². The Morgan fingerprint density at radius 1 is 1.45 bits per heavy atom. The average molecular weight is 280 g/mol. The minimum atomic E-state index is -0.190. The molecular weight excluding hydrogens is 256 g/mol. The van der Waals surface area contributed by atoms with Crippen LogP contribution in [0.2, 0.25) is 0 Å². The van der Waals surface area contributed by atoms with Gasteiger partial charge in [-0.05, 0) is 26.2 Å². The van der Waals surface area contributed by atoms with Crippen LogP contribution in [0.5, 0.6) is 5.88 Å². The Bertz CT molecular complexity index is 478. The highest BCUT2D eigenvalue weighted by Gasteiger charge is 2.28. The van der Waals surface area contributed by atoms with E-state index in [0.717, 1.165) is 43.1 Å². The van der Waals surface area contributed by atoms with Gasteiger partial charge in [-0.25, -0.2) is 4.68 Å². The highest BCUT2D eigenvalue weighted by molar-refractivity contribution is 5.79. The monoisotopic (exact) mass is 280 g/mol. The summed E-state index contributed by atoms with van der Waals surface area (Å²) < 4.78 is 7.09. The molecule has 1 aromatic rings. The molecule has 1 fully saturated rings. The van der Waals surface area contributed by atoms with Crippen molar-refractivity contribution in [3.8, 4) is 5.88 Å². The van der Waals surface area contributed by atoms with Gasteiger partial charge in [0.25, 0.3) is 0 Å². The Balaban J connectivity index is 2.15. The lowest BCUT2D eigenvalue weighted by molar-refractivity contribution is -0.134. The molecule has 0 aliphatic carbocycles. The molecule has 6 heteroatoms. The van der Waals surface area contributed by atoms with Gasteiger partial charge in [0, 0.05) is 32.2 Å². The largest absolute Gasteiger partial charge is 0.481 e. The first-order valence-corrected chi connectivity index (χ1v) is 7.13. The molecule has 1 amide bonds. The van der Waals surface area contributed by atoms with E-state index in [2.05, 4.69) is 5.10 Å². The second-order valence-electron chi connectivity index (χ2n) is 5.37. The van der Waals surface area contributed by atoms with Crippen LogP contribution >= 0.6 is 0 Å². The first-order chi connectivity index (χ1) is 9.58. The fraction of sp³-hybridized carbons (Fsp3) is 0.714. The van der Waals surface area contributed by atoms with E-state index < -0.39 is 0 Å². The molecule has 2 heterocycles. The van der Waals surface area contributed by atoms with E-state index in [1.807, 2.05) is 18.9 Å². The predicted octanol–water partition coefficient (Wildman–Crippen LogP) is 0.477. The van der Waals surface area contributed by atoms with Crippen LogP contribution < -0.4 is 10.5 Å².